The van der Waals surface area contributed by atoms with Crippen LogP contribution in [0.3, 0.4) is 0 Å². The van der Waals surface area contributed by atoms with Gasteiger partial charge in [0.2, 0.25) is 0 Å². The molecule has 7 heteroatoms. The topological polar surface area (TPSA) is 37.8 Å². The molecule has 1 heterocycles. The molecule has 0 saturated heterocycles. The van der Waals surface area contributed by atoms with Crippen molar-refractivity contribution in [3.05, 3.63) is 59.4 Å². The minimum absolute atomic E-state index is 0.201. The second-order valence-electron chi connectivity index (χ2n) is 5.89. The van der Waals surface area contributed by atoms with E-state index in [1.165, 1.54) is 6.07 Å². The molecule has 0 atom stereocenters. The molecule has 0 unspecified atom stereocenters. The molecule has 0 aliphatic carbocycles. The smallest absolute Gasteiger partial charge is 0.312 e. The van der Waals surface area contributed by atoms with Gasteiger partial charge in [0.25, 0.3) is 0 Å². The number of alkyl halides is 3. The zero-order valence-corrected chi connectivity index (χ0v) is 12.8. The Bertz CT molecular complexity index is 654. The van der Waals surface area contributed by atoms with Crippen LogP contribution >= 0.6 is 0 Å². The fraction of sp³-hybridized carbons (Fsp3) is 0.375. The highest BCUT2D eigenvalue weighted by atomic mass is 19.4. The van der Waals surface area contributed by atoms with Gasteiger partial charge in [-0.1, -0.05) is 19.9 Å². The Morgan fingerprint density at radius 3 is 2.48 bits per heavy atom. The lowest BCUT2D eigenvalue weighted by Crippen LogP contribution is -2.33. The molecule has 0 aliphatic heterocycles. The van der Waals surface area contributed by atoms with Crippen LogP contribution in [-0.4, -0.2) is 16.5 Å². The van der Waals surface area contributed by atoms with Gasteiger partial charge >= 0.3 is 6.18 Å². The Hall–Kier alpha value is -2.02. The number of hydrogen-bond donors (Lipinski definition) is 1. The van der Waals surface area contributed by atoms with Crippen LogP contribution < -0.4 is 5.32 Å². The number of nitrogens with zero attached hydrogens (tertiary/aromatic N) is 2. The molecule has 1 aromatic heterocycles. The van der Waals surface area contributed by atoms with E-state index in [0.717, 1.165) is 17.8 Å². The summed E-state index contributed by atoms with van der Waals surface area (Å²) in [5.74, 6) is -1.26. The van der Waals surface area contributed by atoms with Gasteiger partial charge in [-0.05, 0) is 17.7 Å². The SMILES string of the molecule is CC(C)(CNCc1ccc(F)c(C(F)(F)F)c1)c1cnccn1. The largest absolute Gasteiger partial charge is 0.419 e. The number of benzene rings is 1. The highest BCUT2D eigenvalue weighted by molar-refractivity contribution is 5.27. The third-order valence-corrected chi connectivity index (χ3v) is 3.49. The van der Waals surface area contributed by atoms with Crippen LogP contribution in [0.5, 0.6) is 0 Å². The van der Waals surface area contributed by atoms with Gasteiger partial charge in [-0.15, -0.1) is 0 Å². The number of halogens is 4. The van der Waals surface area contributed by atoms with Crippen molar-refractivity contribution in [2.24, 2.45) is 0 Å². The highest BCUT2D eigenvalue weighted by Crippen LogP contribution is 2.31. The zero-order valence-electron chi connectivity index (χ0n) is 12.8. The quantitative estimate of drug-likeness (QED) is 0.851. The van der Waals surface area contributed by atoms with E-state index in [2.05, 4.69) is 15.3 Å². The fourth-order valence-corrected chi connectivity index (χ4v) is 2.16. The van der Waals surface area contributed by atoms with Crippen molar-refractivity contribution in [1.29, 1.82) is 0 Å². The molecule has 0 amide bonds. The molecule has 3 nitrogen and oxygen atoms in total. The molecule has 0 fully saturated rings. The summed E-state index contributed by atoms with van der Waals surface area (Å²) in [5, 5.41) is 3.08. The molecule has 1 aromatic carbocycles. The minimum Gasteiger partial charge on any atom is -0.312 e. The molecule has 2 aromatic rings. The van der Waals surface area contributed by atoms with Crippen LogP contribution in [0.1, 0.15) is 30.7 Å². The molecule has 0 saturated carbocycles. The lowest BCUT2D eigenvalue weighted by molar-refractivity contribution is -0.140. The Kier molecular flexibility index (Phi) is 4.99. The first-order chi connectivity index (χ1) is 10.7. The summed E-state index contributed by atoms with van der Waals surface area (Å²) in [4.78, 5) is 8.24. The fourth-order valence-electron chi connectivity index (χ4n) is 2.16. The van der Waals surface area contributed by atoms with E-state index in [1.807, 2.05) is 13.8 Å². The van der Waals surface area contributed by atoms with Crippen molar-refractivity contribution < 1.29 is 17.6 Å². The predicted octanol–water partition coefficient (Wildman–Crippen LogP) is 3.70. The summed E-state index contributed by atoms with van der Waals surface area (Å²) in [5.41, 5.74) is -0.428. The maximum Gasteiger partial charge on any atom is 0.419 e. The molecular weight excluding hydrogens is 310 g/mol. The highest BCUT2D eigenvalue weighted by Gasteiger charge is 2.34. The van der Waals surface area contributed by atoms with E-state index in [9.17, 15) is 17.6 Å². The standard InChI is InChI=1S/C16H17F4N3/c1-15(2,14-9-21-5-6-23-14)10-22-8-11-3-4-13(17)12(7-11)16(18,19)20/h3-7,9,22H,8,10H2,1-2H3. The summed E-state index contributed by atoms with van der Waals surface area (Å²) in [6, 6.07) is 3.01. The van der Waals surface area contributed by atoms with Gasteiger partial charge in [0.1, 0.15) is 5.82 Å². The van der Waals surface area contributed by atoms with Crippen molar-refractivity contribution in [1.82, 2.24) is 15.3 Å². The van der Waals surface area contributed by atoms with E-state index in [-0.39, 0.29) is 12.0 Å². The molecule has 0 spiro atoms. The van der Waals surface area contributed by atoms with Gasteiger partial charge in [0.05, 0.1) is 11.3 Å². The average molecular weight is 327 g/mol. The molecule has 0 bridgehead atoms. The number of nitrogens with one attached hydrogen (secondary N) is 1. The number of hydrogen-bond acceptors (Lipinski definition) is 3. The molecule has 0 radical (unpaired) electrons. The lowest BCUT2D eigenvalue weighted by atomic mass is 9.89. The van der Waals surface area contributed by atoms with Crippen LogP contribution in [0.15, 0.2) is 36.8 Å². The molecule has 0 aliphatic rings. The Labute approximate surface area is 131 Å². The van der Waals surface area contributed by atoms with Gasteiger partial charge in [-0.3, -0.25) is 9.97 Å². The second kappa shape index (κ2) is 6.62. The second-order valence-corrected chi connectivity index (χ2v) is 5.89. The van der Waals surface area contributed by atoms with Gasteiger partial charge in [-0.2, -0.15) is 13.2 Å². The average Bonchev–Trinajstić information content (AvgIpc) is 2.48. The zero-order chi connectivity index (χ0) is 17.1. The van der Waals surface area contributed by atoms with Gasteiger partial charge in [-0.25, -0.2) is 4.39 Å². The van der Waals surface area contributed by atoms with Crippen LogP contribution in [0.4, 0.5) is 17.6 Å². The number of rotatable bonds is 5. The molecule has 1 N–H and O–H groups in total. The summed E-state index contributed by atoms with van der Waals surface area (Å²) >= 11 is 0. The first kappa shape index (κ1) is 17.3. The maximum absolute atomic E-state index is 13.2. The van der Waals surface area contributed by atoms with Crippen LogP contribution in [0.2, 0.25) is 0 Å². The van der Waals surface area contributed by atoms with Crippen molar-refractivity contribution in [2.45, 2.75) is 32.0 Å². The Morgan fingerprint density at radius 1 is 1.13 bits per heavy atom. The third kappa shape index (κ3) is 4.48. The first-order valence-corrected chi connectivity index (χ1v) is 7.03. The van der Waals surface area contributed by atoms with Gasteiger partial charge in [0, 0.05) is 37.1 Å². The van der Waals surface area contributed by atoms with E-state index in [1.54, 1.807) is 18.6 Å². The van der Waals surface area contributed by atoms with Crippen LogP contribution in [0.25, 0.3) is 0 Å². The Morgan fingerprint density at radius 2 is 1.87 bits per heavy atom. The maximum atomic E-state index is 13.2. The summed E-state index contributed by atoms with van der Waals surface area (Å²) in [6.07, 6.45) is 0.122. The third-order valence-electron chi connectivity index (χ3n) is 3.49. The predicted molar refractivity (Wildman–Crippen MR) is 78.2 cm³/mol. The lowest BCUT2D eigenvalue weighted by Gasteiger charge is -2.24. The normalized spacial score (nSPS) is 12.4. The summed E-state index contributed by atoms with van der Waals surface area (Å²) in [6.45, 7) is 4.60. The van der Waals surface area contributed by atoms with Gasteiger partial charge < -0.3 is 5.32 Å². The van der Waals surface area contributed by atoms with Crippen molar-refractivity contribution in [3.8, 4) is 0 Å². The van der Waals surface area contributed by atoms with Crippen LogP contribution in [0, 0.1) is 5.82 Å². The molecule has 124 valence electrons. The summed E-state index contributed by atoms with van der Waals surface area (Å²) in [7, 11) is 0. The van der Waals surface area contributed by atoms with Crippen molar-refractivity contribution in [2.75, 3.05) is 6.54 Å². The number of aromatic nitrogens is 2. The minimum atomic E-state index is -4.70. The molecular formula is C16H17F4N3. The first-order valence-electron chi connectivity index (χ1n) is 7.03. The van der Waals surface area contributed by atoms with E-state index in [0.29, 0.717) is 12.1 Å². The van der Waals surface area contributed by atoms with E-state index < -0.39 is 17.6 Å². The molecule has 23 heavy (non-hydrogen) atoms. The van der Waals surface area contributed by atoms with Crippen molar-refractivity contribution in [3.63, 3.8) is 0 Å². The van der Waals surface area contributed by atoms with Crippen LogP contribution in [-0.2, 0) is 18.1 Å². The van der Waals surface area contributed by atoms with E-state index in [4.69, 9.17) is 0 Å². The van der Waals surface area contributed by atoms with Gasteiger partial charge in [0.15, 0.2) is 0 Å². The van der Waals surface area contributed by atoms with E-state index >= 15 is 0 Å². The Balaban J connectivity index is 2.02. The monoisotopic (exact) mass is 327 g/mol. The molecule has 2 rings (SSSR count). The van der Waals surface area contributed by atoms with Crippen molar-refractivity contribution >= 4 is 0 Å². The summed E-state index contributed by atoms with van der Waals surface area (Å²) < 4.78 is 51.3.